The predicted octanol–water partition coefficient (Wildman–Crippen LogP) is 8.57. The van der Waals surface area contributed by atoms with Crippen molar-refractivity contribution in [1.82, 2.24) is 9.88 Å². The molecule has 204 valence electrons. The SMILES string of the molecule is CC(C)(C)OC(=O)NCCCCn1c(-c2ccccc2)cc2ccc(C(=O)c3ccc(-c4ccccc4)s3)cc21. The zero-order valence-corrected chi connectivity index (χ0v) is 24.0. The number of nitrogens with one attached hydrogen (secondary N) is 1. The van der Waals surface area contributed by atoms with Crippen molar-refractivity contribution in [3.63, 3.8) is 0 Å². The van der Waals surface area contributed by atoms with Gasteiger partial charge in [0, 0.05) is 40.1 Å². The highest BCUT2D eigenvalue weighted by Crippen LogP contribution is 2.32. The fourth-order valence-electron chi connectivity index (χ4n) is 4.74. The van der Waals surface area contributed by atoms with Crippen LogP contribution in [0, 0.1) is 0 Å². The number of hydrogen-bond acceptors (Lipinski definition) is 4. The van der Waals surface area contributed by atoms with Crippen LogP contribution in [0.3, 0.4) is 0 Å². The molecule has 5 aromatic rings. The zero-order valence-electron chi connectivity index (χ0n) is 23.1. The Morgan fingerprint density at radius 2 is 1.52 bits per heavy atom. The lowest BCUT2D eigenvalue weighted by molar-refractivity contribution is 0.0526. The van der Waals surface area contributed by atoms with E-state index in [0.29, 0.717) is 12.1 Å². The van der Waals surface area contributed by atoms with Gasteiger partial charge in [0.05, 0.1) is 4.88 Å². The van der Waals surface area contributed by atoms with Crippen LogP contribution in [-0.4, -0.2) is 28.6 Å². The number of benzene rings is 3. The van der Waals surface area contributed by atoms with E-state index in [2.05, 4.69) is 40.2 Å². The van der Waals surface area contributed by atoms with Crippen molar-refractivity contribution in [2.24, 2.45) is 0 Å². The third-order valence-electron chi connectivity index (χ3n) is 6.60. The molecule has 0 unspecified atom stereocenters. The molecule has 0 aliphatic heterocycles. The average Bonchev–Trinajstić information content (AvgIpc) is 3.58. The summed E-state index contributed by atoms with van der Waals surface area (Å²) in [5, 5.41) is 3.94. The number of ketones is 1. The number of hydrogen-bond donors (Lipinski definition) is 1. The summed E-state index contributed by atoms with van der Waals surface area (Å²) in [6, 6.07) is 32.6. The molecule has 0 aliphatic carbocycles. The molecule has 3 aromatic carbocycles. The topological polar surface area (TPSA) is 60.3 Å². The lowest BCUT2D eigenvalue weighted by Gasteiger charge is -2.19. The molecule has 0 bridgehead atoms. The van der Waals surface area contributed by atoms with E-state index in [9.17, 15) is 9.59 Å². The molecule has 6 heteroatoms. The minimum atomic E-state index is -0.514. The zero-order chi connectivity index (χ0) is 28.1. The first kappa shape index (κ1) is 27.4. The summed E-state index contributed by atoms with van der Waals surface area (Å²) in [6.45, 7) is 6.87. The molecule has 0 fully saturated rings. The first-order chi connectivity index (χ1) is 19.3. The molecule has 0 aliphatic rings. The Kier molecular flexibility index (Phi) is 8.17. The third kappa shape index (κ3) is 6.52. The van der Waals surface area contributed by atoms with Crippen LogP contribution in [0.1, 0.15) is 48.8 Å². The van der Waals surface area contributed by atoms with E-state index < -0.39 is 11.7 Å². The Hall–Kier alpha value is -4.16. The Morgan fingerprint density at radius 1 is 0.825 bits per heavy atom. The summed E-state index contributed by atoms with van der Waals surface area (Å²) in [6.07, 6.45) is 1.28. The number of aryl methyl sites for hydroxylation is 1. The fourth-order valence-corrected chi connectivity index (χ4v) is 5.72. The van der Waals surface area contributed by atoms with Crippen LogP contribution in [0.5, 0.6) is 0 Å². The third-order valence-corrected chi connectivity index (χ3v) is 7.73. The standard InChI is InChI=1S/C34H34N2O3S/c1-34(2,3)39-33(38)35-20-10-11-21-36-28(24-12-6-4-7-13-24)22-26-16-17-27(23-29(26)36)32(37)31-19-18-30(40-31)25-14-8-5-9-15-25/h4-9,12-19,22-23H,10-11,20-21H2,1-3H3,(H,35,38). The van der Waals surface area contributed by atoms with Crippen LogP contribution in [0.4, 0.5) is 4.79 Å². The number of rotatable bonds is 9. The minimum Gasteiger partial charge on any atom is -0.444 e. The Labute approximate surface area is 239 Å². The lowest BCUT2D eigenvalue weighted by Crippen LogP contribution is -2.33. The van der Waals surface area contributed by atoms with Crippen LogP contribution in [0.15, 0.2) is 97.1 Å². The van der Waals surface area contributed by atoms with E-state index in [1.54, 1.807) is 0 Å². The van der Waals surface area contributed by atoms with Gasteiger partial charge in [0.25, 0.3) is 0 Å². The van der Waals surface area contributed by atoms with Crippen LogP contribution in [-0.2, 0) is 11.3 Å². The number of alkyl carbamates (subject to hydrolysis) is 1. The van der Waals surface area contributed by atoms with Crippen molar-refractivity contribution in [2.75, 3.05) is 6.54 Å². The van der Waals surface area contributed by atoms with E-state index in [1.165, 1.54) is 11.3 Å². The van der Waals surface area contributed by atoms with Gasteiger partial charge in [-0.25, -0.2) is 4.79 Å². The van der Waals surface area contributed by atoms with Gasteiger partial charge in [-0.2, -0.15) is 0 Å². The van der Waals surface area contributed by atoms with Crippen molar-refractivity contribution in [3.8, 4) is 21.7 Å². The first-order valence-electron chi connectivity index (χ1n) is 13.6. The van der Waals surface area contributed by atoms with Gasteiger partial charge in [-0.3, -0.25) is 4.79 Å². The number of fused-ring (bicyclic) bond motifs is 1. The predicted molar refractivity (Wildman–Crippen MR) is 164 cm³/mol. The summed E-state index contributed by atoms with van der Waals surface area (Å²) in [4.78, 5) is 27.3. The van der Waals surface area contributed by atoms with Crippen LogP contribution >= 0.6 is 11.3 Å². The number of unbranched alkanes of at least 4 members (excludes halogenated alkanes) is 1. The quantitative estimate of drug-likeness (QED) is 0.148. The van der Waals surface area contributed by atoms with Gasteiger partial charge in [0.1, 0.15) is 5.60 Å². The largest absolute Gasteiger partial charge is 0.444 e. The maximum Gasteiger partial charge on any atom is 0.407 e. The summed E-state index contributed by atoms with van der Waals surface area (Å²) < 4.78 is 7.63. The molecule has 2 aromatic heterocycles. The van der Waals surface area contributed by atoms with Gasteiger partial charge in [-0.05, 0) is 69.0 Å². The number of carbonyl (C=O) groups excluding carboxylic acids is 2. The van der Waals surface area contributed by atoms with Crippen molar-refractivity contribution >= 4 is 34.1 Å². The monoisotopic (exact) mass is 550 g/mol. The summed E-state index contributed by atoms with van der Waals surface area (Å²) in [5.74, 6) is 0.0321. The van der Waals surface area contributed by atoms with Gasteiger partial charge in [-0.15, -0.1) is 11.3 Å². The smallest absolute Gasteiger partial charge is 0.407 e. The number of aromatic nitrogens is 1. The maximum atomic E-state index is 13.5. The van der Waals surface area contributed by atoms with Crippen molar-refractivity contribution in [3.05, 3.63) is 108 Å². The van der Waals surface area contributed by atoms with E-state index >= 15 is 0 Å². The Bertz CT molecular complexity index is 1610. The highest BCUT2D eigenvalue weighted by Gasteiger charge is 2.18. The van der Waals surface area contributed by atoms with E-state index in [4.69, 9.17) is 4.74 Å². The molecule has 0 atom stereocenters. The van der Waals surface area contributed by atoms with Crippen LogP contribution in [0.2, 0.25) is 0 Å². The maximum absolute atomic E-state index is 13.5. The van der Waals surface area contributed by atoms with E-state index in [1.807, 2.05) is 87.5 Å². The Balaban J connectivity index is 1.37. The van der Waals surface area contributed by atoms with Crippen LogP contribution in [0.25, 0.3) is 32.6 Å². The fraction of sp³-hybridized carbons (Fsp3) is 0.235. The van der Waals surface area contributed by atoms with Gasteiger partial charge in [-0.1, -0.05) is 72.8 Å². The first-order valence-corrected chi connectivity index (χ1v) is 14.5. The molecule has 2 heterocycles. The number of amides is 1. The molecule has 5 nitrogen and oxygen atoms in total. The van der Waals surface area contributed by atoms with Crippen molar-refractivity contribution in [2.45, 2.75) is 45.8 Å². The Morgan fingerprint density at radius 3 is 2.23 bits per heavy atom. The highest BCUT2D eigenvalue weighted by molar-refractivity contribution is 7.17. The lowest BCUT2D eigenvalue weighted by atomic mass is 10.1. The second-order valence-corrected chi connectivity index (χ2v) is 11.9. The summed E-state index contributed by atoms with van der Waals surface area (Å²) in [5.41, 5.74) is 4.56. The molecule has 0 saturated heterocycles. The van der Waals surface area contributed by atoms with Gasteiger partial charge >= 0.3 is 6.09 Å². The van der Waals surface area contributed by atoms with Gasteiger partial charge in [0.15, 0.2) is 0 Å². The molecule has 1 N–H and O–H groups in total. The average molecular weight is 551 g/mol. The second kappa shape index (κ2) is 11.9. The van der Waals surface area contributed by atoms with Gasteiger partial charge in [0.2, 0.25) is 5.78 Å². The molecule has 0 radical (unpaired) electrons. The number of carbonyl (C=O) groups is 2. The normalized spacial score (nSPS) is 11.5. The minimum absolute atomic E-state index is 0.0321. The summed E-state index contributed by atoms with van der Waals surface area (Å²) in [7, 11) is 0. The highest BCUT2D eigenvalue weighted by atomic mass is 32.1. The molecule has 1 amide bonds. The number of thiophene rings is 1. The number of nitrogens with zero attached hydrogens (tertiary/aromatic N) is 1. The van der Waals surface area contributed by atoms with Gasteiger partial charge < -0.3 is 14.6 Å². The molecular weight excluding hydrogens is 516 g/mol. The molecule has 40 heavy (non-hydrogen) atoms. The van der Waals surface area contributed by atoms with E-state index in [-0.39, 0.29) is 5.78 Å². The summed E-state index contributed by atoms with van der Waals surface area (Å²) >= 11 is 1.52. The number of ether oxygens (including phenoxy) is 1. The molecule has 0 saturated carbocycles. The molecule has 0 spiro atoms. The van der Waals surface area contributed by atoms with Crippen LogP contribution < -0.4 is 5.32 Å². The van der Waals surface area contributed by atoms with Crippen molar-refractivity contribution < 1.29 is 14.3 Å². The molecule has 5 rings (SSSR count). The van der Waals surface area contributed by atoms with Crippen molar-refractivity contribution in [1.29, 1.82) is 0 Å². The van der Waals surface area contributed by atoms with E-state index in [0.717, 1.165) is 56.9 Å². The molecular formula is C34H34N2O3S. The second-order valence-electron chi connectivity index (χ2n) is 10.8.